The molecule has 1 aromatic heterocycles. The van der Waals surface area contributed by atoms with Crippen LogP contribution >= 0.6 is 28.3 Å². The number of aliphatic imine (C=N–C) groups is 1. The van der Waals surface area contributed by atoms with Gasteiger partial charge in [0.15, 0.2) is 11.2 Å². The van der Waals surface area contributed by atoms with Crippen LogP contribution in [0.25, 0.3) is 0 Å². The molecule has 0 radical (unpaired) electrons. The van der Waals surface area contributed by atoms with E-state index >= 15 is 0 Å². The number of hydrogen-bond acceptors (Lipinski definition) is 6. The number of amides is 1. The number of nitrogens with two attached hydrogens (primary N) is 2. The van der Waals surface area contributed by atoms with Crippen molar-refractivity contribution in [2.24, 2.45) is 10.7 Å². The first-order chi connectivity index (χ1) is 13.2. The highest BCUT2D eigenvalue weighted by atomic mass is 79.9. The fourth-order valence-electron chi connectivity index (χ4n) is 2.77. The molecule has 0 bridgehead atoms. The number of nitrogen functional groups attached to an aromatic ring is 1. The van der Waals surface area contributed by atoms with Crippen LogP contribution in [0.3, 0.4) is 0 Å². The first-order valence-electron chi connectivity index (χ1n) is 7.95. The zero-order valence-corrected chi connectivity index (χ0v) is 17.1. The average molecular weight is 495 g/mol. The lowest BCUT2D eigenvalue weighted by molar-refractivity contribution is -0.0145. The lowest BCUT2D eigenvalue weighted by atomic mass is 9.90. The van der Waals surface area contributed by atoms with Crippen LogP contribution < -0.4 is 16.8 Å². The van der Waals surface area contributed by atoms with E-state index < -0.39 is 35.9 Å². The van der Waals surface area contributed by atoms with Gasteiger partial charge in [0.05, 0.1) is 12.3 Å². The molecule has 1 aliphatic heterocycles. The topological polar surface area (TPSA) is 116 Å². The fraction of sp³-hybridized carbons (Fsp3) is 0.235. The summed E-state index contributed by atoms with van der Waals surface area (Å²) >= 11 is 3.18. The van der Waals surface area contributed by atoms with Gasteiger partial charge in [-0.2, -0.15) is 0 Å². The molecule has 156 valence electrons. The van der Waals surface area contributed by atoms with E-state index in [1.807, 2.05) is 0 Å². The molecule has 0 saturated heterocycles. The minimum atomic E-state index is -3.09. The van der Waals surface area contributed by atoms with Gasteiger partial charge in [-0.1, -0.05) is 0 Å². The van der Waals surface area contributed by atoms with E-state index in [-0.39, 0.29) is 41.9 Å². The molecule has 2 aromatic rings. The number of benzene rings is 1. The molecule has 1 aromatic carbocycles. The summed E-state index contributed by atoms with van der Waals surface area (Å²) in [6.07, 6.45) is -1.71. The lowest BCUT2D eigenvalue weighted by Gasteiger charge is -2.33. The van der Waals surface area contributed by atoms with E-state index in [1.165, 1.54) is 18.3 Å². The number of hydrogen-bond donors (Lipinski definition) is 3. The van der Waals surface area contributed by atoms with Gasteiger partial charge in [-0.05, 0) is 40.2 Å². The Morgan fingerprint density at radius 3 is 2.66 bits per heavy atom. The van der Waals surface area contributed by atoms with Crippen molar-refractivity contribution in [3.63, 3.8) is 0 Å². The number of nitrogens with one attached hydrogen (secondary N) is 1. The number of carbonyl (C=O) groups is 1. The molecule has 0 fully saturated rings. The number of alkyl halides is 2. The summed E-state index contributed by atoms with van der Waals surface area (Å²) in [7, 11) is 0. The maximum absolute atomic E-state index is 14.4. The maximum Gasteiger partial charge on any atom is 0.276 e. The first kappa shape index (κ1) is 22.9. The molecular formula is C17H16BrClF3N5O2. The summed E-state index contributed by atoms with van der Waals surface area (Å²) in [5, 5.41) is 2.46. The summed E-state index contributed by atoms with van der Waals surface area (Å²) in [5.41, 5.74) is 8.65. The molecule has 1 amide bonds. The zero-order chi connectivity index (χ0) is 20.5. The van der Waals surface area contributed by atoms with Crippen LogP contribution in [0.4, 0.5) is 24.5 Å². The Kier molecular flexibility index (Phi) is 7.09. The standard InChI is InChI=1S/C17H15BrF3N5O2.ClH/c18-8-3-12(22)14(24-5-8)15(27)25-9-1-2-11(19)10(4-9)17(16(20)21)7-28-6-13(23)26-17;/h1-5,16H,6-7,22H2,(H2,23,26)(H,25,27);1H/t17-;/m0./s1. The Labute approximate surface area is 178 Å². The highest BCUT2D eigenvalue weighted by Gasteiger charge is 2.46. The maximum atomic E-state index is 14.4. The molecule has 3 rings (SSSR count). The monoisotopic (exact) mass is 493 g/mol. The Hall–Kier alpha value is -2.37. The SMILES string of the molecule is Cl.NC1=N[C@@](c2cc(NC(=O)c3ncc(Br)cc3N)ccc2F)(C(F)F)COC1. The van der Waals surface area contributed by atoms with Gasteiger partial charge in [-0.15, -0.1) is 12.4 Å². The third-order valence-corrected chi connectivity index (χ3v) is 4.50. The Morgan fingerprint density at radius 1 is 1.31 bits per heavy atom. The molecule has 7 nitrogen and oxygen atoms in total. The van der Waals surface area contributed by atoms with Crippen LogP contribution in [0, 0.1) is 5.82 Å². The van der Waals surface area contributed by atoms with E-state index in [2.05, 4.69) is 31.2 Å². The van der Waals surface area contributed by atoms with Crippen molar-refractivity contribution in [2.45, 2.75) is 12.0 Å². The van der Waals surface area contributed by atoms with Gasteiger partial charge in [0.25, 0.3) is 12.3 Å². The van der Waals surface area contributed by atoms with E-state index in [4.69, 9.17) is 16.2 Å². The van der Waals surface area contributed by atoms with Crippen LogP contribution in [0.1, 0.15) is 16.1 Å². The summed E-state index contributed by atoms with van der Waals surface area (Å²) in [4.78, 5) is 20.1. The number of halogens is 5. The predicted octanol–water partition coefficient (Wildman–Crippen LogP) is 3.09. The van der Waals surface area contributed by atoms with Gasteiger partial charge in [-0.25, -0.2) is 18.2 Å². The molecule has 0 aliphatic carbocycles. The molecular weight excluding hydrogens is 479 g/mol. The predicted molar refractivity (Wildman–Crippen MR) is 108 cm³/mol. The van der Waals surface area contributed by atoms with Gasteiger partial charge >= 0.3 is 0 Å². The largest absolute Gasteiger partial charge is 0.397 e. The molecule has 0 saturated carbocycles. The quantitative estimate of drug-likeness (QED) is 0.604. The molecule has 1 atom stereocenters. The normalized spacial score (nSPS) is 18.7. The molecule has 2 heterocycles. The van der Waals surface area contributed by atoms with E-state index in [9.17, 15) is 18.0 Å². The van der Waals surface area contributed by atoms with E-state index in [1.54, 1.807) is 0 Å². The van der Waals surface area contributed by atoms with Gasteiger partial charge in [-0.3, -0.25) is 9.79 Å². The number of amidine groups is 1. The fourth-order valence-corrected chi connectivity index (χ4v) is 3.12. The van der Waals surface area contributed by atoms with Gasteiger partial charge in [0.2, 0.25) is 0 Å². The second-order valence-electron chi connectivity index (χ2n) is 6.06. The zero-order valence-electron chi connectivity index (χ0n) is 14.7. The molecule has 5 N–H and O–H groups in total. The number of aromatic nitrogens is 1. The molecule has 0 unspecified atom stereocenters. The van der Waals surface area contributed by atoms with Crippen LogP contribution in [-0.4, -0.2) is 36.4 Å². The number of ether oxygens (including phenoxy) is 1. The average Bonchev–Trinajstić information content (AvgIpc) is 2.62. The highest BCUT2D eigenvalue weighted by molar-refractivity contribution is 9.10. The number of anilines is 2. The molecule has 1 aliphatic rings. The number of carbonyl (C=O) groups excluding carboxylic acids is 1. The van der Waals surface area contributed by atoms with Crippen LogP contribution in [0.2, 0.25) is 0 Å². The van der Waals surface area contributed by atoms with Crippen molar-refractivity contribution in [3.8, 4) is 0 Å². The van der Waals surface area contributed by atoms with Crippen LogP contribution in [-0.2, 0) is 10.3 Å². The minimum absolute atomic E-state index is 0. The van der Waals surface area contributed by atoms with E-state index in [0.717, 1.165) is 12.1 Å². The Morgan fingerprint density at radius 2 is 2.03 bits per heavy atom. The molecule has 29 heavy (non-hydrogen) atoms. The number of nitrogens with zero attached hydrogens (tertiary/aromatic N) is 2. The van der Waals surface area contributed by atoms with Gasteiger partial charge in [0.1, 0.15) is 18.3 Å². The van der Waals surface area contributed by atoms with E-state index in [0.29, 0.717) is 4.47 Å². The van der Waals surface area contributed by atoms with Gasteiger partial charge in [0, 0.05) is 21.9 Å². The van der Waals surface area contributed by atoms with Crippen molar-refractivity contribution in [1.29, 1.82) is 0 Å². The first-order valence-corrected chi connectivity index (χ1v) is 8.75. The van der Waals surface area contributed by atoms with Crippen molar-refractivity contribution in [3.05, 3.63) is 52.0 Å². The number of pyridine rings is 1. The molecule has 0 spiro atoms. The second-order valence-corrected chi connectivity index (χ2v) is 6.98. The summed E-state index contributed by atoms with van der Waals surface area (Å²) in [6.45, 7) is -0.679. The van der Waals surface area contributed by atoms with Crippen LogP contribution in [0.15, 0.2) is 39.9 Å². The van der Waals surface area contributed by atoms with Crippen molar-refractivity contribution < 1.29 is 22.7 Å². The summed E-state index contributed by atoms with van der Waals surface area (Å²) in [6, 6.07) is 4.73. The minimum Gasteiger partial charge on any atom is -0.397 e. The second kappa shape index (κ2) is 8.97. The van der Waals surface area contributed by atoms with Crippen molar-refractivity contribution in [1.82, 2.24) is 4.98 Å². The smallest absolute Gasteiger partial charge is 0.276 e. The van der Waals surface area contributed by atoms with Gasteiger partial charge < -0.3 is 21.5 Å². The van der Waals surface area contributed by atoms with Crippen molar-refractivity contribution in [2.75, 3.05) is 24.3 Å². The van der Waals surface area contributed by atoms with Crippen LogP contribution in [0.5, 0.6) is 0 Å². The van der Waals surface area contributed by atoms with Crippen molar-refractivity contribution >= 4 is 51.5 Å². The number of rotatable bonds is 4. The summed E-state index contributed by atoms with van der Waals surface area (Å²) in [5.74, 6) is -1.79. The molecule has 12 heteroatoms. The third-order valence-electron chi connectivity index (χ3n) is 4.07. The Balaban J connectivity index is 0.00000300. The Bertz CT molecular complexity index is 963. The lowest BCUT2D eigenvalue weighted by Crippen LogP contribution is -2.45. The summed E-state index contributed by atoms with van der Waals surface area (Å²) < 4.78 is 47.7. The third kappa shape index (κ3) is 4.62. The highest BCUT2D eigenvalue weighted by Crippen LogP contribution is 2.38.